The van der Waals surface area contributed by atoms with Crippen LogP contribution >= 0.6 is 0 Å². The highest BCUT2D eigenvalue weighted by Gasteiger charge is 2.46. The van der Waals surface area contributed by atoms with Crippen molar-refractivity contribution in [2.75, 3.05) is 0 Å². The molecule has 130 valence electrons. The Kier molecular flexibility index (Phi) is 6.02. The zero-order valence-electron chi connectivity index (χ0n) is 10.8. The predicted octanol–water partition coefficient (Wildman–Crippen LogP) is 1.21. The minimum atomic E-state index is -6.72. The van der Waals surface area contributed by atoms with Crippen LogP contribution in [0.2, 0.25) is 0 Å². The van der Waals surface area contributed by atoms with Crippen LogP contribution in [0.3, 0.4) is 0 Å². The minimum absolute atomic E-state index is 0.778. The van der Waals surface area contributed by atoms with E-state index in [0.717, 1.165) is 4.13 Å². The van der Waals surface area contributed by atoms with Crippen LogP contribution in [0.5, 0.6) is 0 Å². The fourth-order valence-electron chi connectivity index (χ4n) is 0.697. The first kappa shape index (κ1) is 20.6. The Morgan fingerprint density at radius 1 is 1.00 bits per heavy atom. The van der Waals surface area contributed by atoms with E-state index in [1.165, 1.54) is 5.82 Å². The highest BCUT2D eigenvalue weighted by molar-refractivity contribution is 8.13. The molecule has 1 aromatic heterocycles. The van der Waals surface area contributed by atoms with Gasteiger partial charge in [0, 0.05) is 6.92 Å². The molecule has 15 heteroatoms. The molecule has 0 aliphatic heterocycles. The molecule has 22 heavy (non-hydrogen) atoms. The summed E-state index contributed by atoms with van der Waals surface area (Å²) in [7, 11) is -11.4. The first-order chi connectivity index (χ1) is 9.51. The van der Waals surface area contributed by atoms with Crippen LogP contribution in [-0.4, -0.2) is 32.8 Å². The number of halogens is 6. The van der Waals surface area contributed by atoms with Gasteiger partial charge in [-0.05, 0) is 0 Å². The third-order valence-corrected chi connectivity index (χ3v) is 4.64. The van der Waals surface area contributed by atoms with Gasteiger partial charge in [-0.25, -0.2) is 26.4 Å². The normalized spacial score (nSPS) is 13.5. The SMILES string of the molecule is Cc1[nH]cc[n+]1C.O=S(=O)([N-]S(=O)(=O)C(F)(F)F)C(F)(F)F. The van der Waals surface area contributed by atoms with Crippen LogP contribution in [0.15, 0.2) is 12.4 Å². The third kappa shape index (κ3) is 5.45. The van der Waals surface area contributed by atoms with Gasteiger partial charge in [0.1, 0.15) is 12.4 Å². The Labute approximate surface area is 121 Å². The van der Waals surface area contributed by atoms with E-state index >= 15 is 0 Å². The highest BCUT2D eigenvalue weighted by Crippen LogP contribution is 2.36. The van der Waals surface area contributed by atoms with Crippen molar-refractivity contribution >= 4 is 20.0 Å². The predicted molar refractivity (Wildman–Crippen MR) is 60.0 cm³/mol. The maximum absolute atomic E-state index is 11.4. The van der Waals surface area contributed by atoms with E-state index in [2.05, 4.69) is 4.98 Å². The summed E-state index contributed by atoms with van der Waals surface area (Å²) in [6.45, 7) is 2.03. The number of sulfonamides is 2. The molecule has 0 unspecified atom stereocenters. The molecule has 0 amide bonds. The number of hydrogen-bond donors (Lipinski definition) is 1. The van der Waals surface area contributed by atoms with Crippen molar-refractivity contribution in [3.8, 4) is 0 Å². The summed E-state index contributed by atoms with van der Waals surface area (Å²) in [6, 6.07) is 0. The van der Waals surface area contributed by atoms with Gasteiger partial charge in [0.2, 0.25) is 0 Å². The van der Waals surface area contributed by atoms with Crippen molar-refractivity contribution in [1.29, 1.82) is 0 Å². The summed E-state index contributed by atoms with van der Waals surface area (Å²) in [4.78, 5) is 3.03. The molecule has 0 atom stereocenters. The molecule has 0 fully saturated rings. The number of rotatable bonds is 2. The molecule has 7 nitrogen and oxygen atoms in total. The summed E-state index contributed by atoms with van der Waals surface area (Å²) in [5.41, 5.74) is -12.4. The van der Waals surface area contributed by atoms with Gasteiger partial charge in [-0.2, -0.15) is 26.3 Å². The summed E-state index contributed by atoms with van der Waals surface area (Å²) in [5, 5.41) is 0. The van der Waals surface area contributed by atoms with Gasteiger partial charge in [-0.3, -0.25) is 0 Å². The van der Waals surface area contributed by atoms with Crippen LogP contribution < -0.4 is 4.57 Å². The average Bonchev–Trinajstić information content (AvgIpc) is 2.59. The second-order valence-corrected chi connectivity index (χ2v) is 6.99. The summed E-state index contributed by atoms with van der Waals surface area (Å²) < 4.78 is 111. The molecule has 0 bridgehead atoms. The number of aromatic amines is 1. The zero-order chi connectivity index (χ0) is 18.0. The van der Waals surface area contributed by atoms with Crippen molar-refractivity contribution in [1.82, 2.24) is 4.98 Å². The van der Waals surface area contributed by atoms with Crippen LogP contribution in [0, 0.1) is 6.92 Å². The van der Waals surface area contributed by atoms with E-state index in [-0.39, 0.29) is 0 Å². The Morgan fingerprint density at radius 2 is 1.36 bits per heavy atom. The van der Waals surface area contributed by atoms with Gasteiger partial charge in [-0.1, -0.05) is 0 Å². The lowest BCUT2D eigenvalue weighted by atomic mass is 10.7. The Morgan fingerprint density at radius 3 is 1.50 bits per heavy atom. The molecule has 1 aromatic rings. The van der Waals surface area contributed by atoms with Gasteiger partial charge in [-0.15, -0.1) is 0 Å². The first-order valence-electron chi connectivity index (χ1n) is 4.87. The molecule has 1 heterocycles. The molecule has 0 aromatic carbocycles. The lowest BCUT2D eigenvalue weighted by Crippen LogP contribution is -2.30. The topological polar surface area (TPSA) is 102 Å². The maximum Gasteiger partial charge on any atom is 0.480 e. The van der Waals surface area contributed by atoms with Crippen molar-refractivity contribution in [3.63, 3.8) is 0 Å². The number of nitrogens with one attached hydrogen (secondary N) is 1. The molecule has 0 aliphatic carbocycles. The van der Waals surface area contributed by atoms with Gasteiger partial charge in [0.25, 0.3) is 5.82 Å². The molecule has 0 spiro atoms. The van der Waals surface area contributed by atoms with E-state index in [1.54, 1.807) is 0 Å². The van der Waals surface area contributed by atoms with Crippen molar-refractivity contribution in [3.05, 3.63) is 22.3 Å². The standard InChI is InChI=1S/C5H8N2.C2F6NO4S2/c1-5-6-3-4-7(5)2;3-1(4,5)14(10,11)9-15(12,13)2(6,7)8/h3-4H,1-2H3;/q;-1/p+1. The number of nitrogens with zero attached hydrogens (tertiary/aromatic N) is 2. The van der Waals surface area contributed by atoms with Crippen LogP contribution in [0.1, 0.15) is 5.82 Å². The van der Waals surface area contributed by atoms with Crippen molar-refractivity contribution in [2.45, 2.75) is 17.9 Å². The quantitative estimate of drug-likeness (QED) is 0.618. The second-order valence-electron chi connectivity index (χ2n) is 3.57. The number of imidazole rings is 1. The first-order valence-corrected chi connectivity index (χ1v) is 7.76. The Hall–Kier alpha value is -1.35. The molecular weight excluding hydrogens is 368 g/mol. The molecule has 0 saturated carbocycles. The molecule has 1 rings (SSSR count). The van der Waals surface area contributed by atoms with Gasteiger partial charge >= 0.3 is 11.0 Å². The summed E-state index contributed by atoms with van der Waals surface area (Å²) in [5.74, 6) is 1.18. The monoisotopic (exact) mass is 377 g/mol. The smallest absolute Gasteiger partial charge is 0.421 e. The molecular formula is C7H9F6N3O4S2. The van der Waals surface area contributed by atoms with E-state index < -0.39 is 31.1 Å². The molecule has 1 N–H and O–H groups in total. The van der Waals surface area contributed by atoms with Gasteiger partial charge in [0.05, 0.1) is 7.05 Å². The maximum atomic E-state index is 11.4. The largest absolute Gasteiger partial charge is 0.480 e. The number of aryl methyl sites for hydroxylation is 2. The van der Waals surface area contributed by atoms with E-state index in [4.69, 9.17) is 0 Å². The van der Waals surface area contributed by atoms with Crippen molar-refractivity contribution in [2.24, 2.45) is 7.05 Å². The van der Waals surface area contributed by atoms with E-state index in [0.29, 0.717) is 0 Å². The number of aromatic nitrogens is 2. The molecule has 0 aliphatic rings. The van der Waals surface area contributed by atoms with Crippen LogP contribution in [0.25, 0.3) is 4.13 Å². The fourth-order valence-corrected chi connectivity index (χ4v) is 2.41. The number of hydrogen-bond acceptors (Lipinski definition) is 4. The Bertz CT molecular complexity index is 645. The minimum Gasteiger partial charge on any atom is -0.421 e. The van der Waals surface area contributed by atoms with Crippen LogP contribution in [0.4, 0.5) is 26.3 Å². The van der Waals surface area contributed by atoms with Gasteiger partial charge < -0.3 is 4.13 Å². The van der Waals surface area contributed by atoms with E-state index in [9.17, 15) is 43.2 Å². The van der Waals surface area contributed by atoms with Crippen LogP contribution in [-0.2, 0) is 27.1 Å². The third-order valence-electron chi connectivity index (χ3n) is 1.90. The number of H-pyrrole nitrogens is 1. The zero-order valence-corrected chi connectivity index (χ0v) is 12.4. The number of alkyl halides is 6. The highest BCUT2D eigenvalue weighted by atomic mass is 32.3. The molecule has 0 radical (unpaired) electrons. The lowest BCUT2D eigenvalue weighted by molar-refractivity contribution is -0.676. The molecule has 0 saturated heterocycles. The Balaban J connectivity index is 0.000000518. The summed E-state index contributed by atoms with van der Waals surface area (Å²) >= 11 is 0. The van der Waals surface area contributed by atoms with Gasteiger partial charge in [0.15, 0.2) is 20.0 Å². The van der Waals surface area contributed by atoms with E-state index in [1.807, 2.05) is 30.9 Å². The fraction of sp³-hybridized carbons (Fsp3) is 0.571. The average molecular weight is 377 g/mol. The second kappa shape index (κ2) is 6.41. The summed E-state index contributed by atoms with van der Waals surface area (Å²) in [6.07, 6.45) is 3.89. The van der Waals surface area contributed by atoms with Crippen molar-refractivity contribution < 1.29 is 47.7 Å². The lowest BCUT2D eigenvalue weighted by Gasteiger charge is -2.22.